The van der Waals surface area contributed by atoms with Gasteiger partial charge in [0, 0.05) is 11.0 Å². The average molecular weight is 370 g/mol. The van der Waals surface area contributed by atoms with Crippen LogP contribution in [0.5, 0.6) is 0 Å². The van der Waals surface area contributed by atoms with Crippen molar-refractivity contribution >= 4 is 22.0 Å². The van der Waals surface area contributed by atoms with Crippen molar-refractivity contribution in [1.29, 1.82) is 0 Å². The first-order valence-electron chi connectivity index (χ1n) is 7.60. The van der Waals surface area contributed by atoms with Crippen molar-refractivity contribution in [3.63, 3.8) is 0 Å². The molecule has 1 fully saturated rings. The SMILES string of the molecule is C[C@@H]1CN(C(=O)OC(C)(C)C)[C@@H](c2cccc(Br)c2)CC1O. The van der Waals surface area contributed by atoms with E-state index in [9.17, 15) is 9.90 Å². The minimum atomic E-state index is -0.530. The predicted octanol–water partition coefficient (Wildman–Crippen LogP) is 4.13. The van der Waals surface area contributed by atoms with Crippen LogP contribution < -0.4 is 0 Å². The highest BCUT2D eigenvalue weighted by Gasteiger charge is 2.37. The van der Waals surface area contributed by atoms with Gasteiger partial charge in [0.05, 0.1) is 12.1 Å². The number of benzene rings is 1. The van der Waals surface area contributed by atoms with E-state index in [2.05, 4.69) is 15.9 Å². The van der Waals surface area contributed by atoms with Gasteiger partial charge in [-0.1, -0.05) is 35.0 Å². The van der Waals surface area contributed by atoms with Crippen molar-refractivity contribution in [1.82, 2.24) is 4.90 Å². The molecule has 1 unspecified atom stereocenters. The fourth-order valence-corrected chi connectivity index (χ4v) is 3.12. The number of aliphatic hydroxyl groups is 1. The van der Waals surface area contributed by atoms with Crippen molar-refractivity contribution in [2.75, 3.05) is 6.54 Å². The van der Waals surface area contributed by atoms with Crippen molar-refractivity contribution in [3.8, 4) is 0 Å². The number of aliphatic hydroxyl groups excluding tert-OH is 1. The second-order valence-electron chi connectivity index (χ2n) is 6.98. The van der Waals surface area contributed by atoms with Gasteiger partial charge >= 0.3 is 6.09 Å². The number of carbonyl (C=O) groups is 1. The molecule has 1 aliphatic heterocycles. The molecule has 2 rings (SSSR count). The summed E-state index contributed by atoms with van der Waals surface area (Å²) >= 11 is 3.46. The standard InChI is InChI=1S/C17H24BrNO3/c1-11-10-19(16(21)22-17(2,3)4)14(9-15(11)20)12-6-5-7-13(18)8-12/h5-8,11,14-15,20H,9-10H2,1-4H3/t11-,14-,15?/m1/s1. The smallest absolute Gasteiger partial charge is 0.410 e. The minimum Gasteiger partial charge on any atom is -0.444 e. The fraction of sp³-hybridized carbons (Fsp3) is 0.588. The number of rotatable bonds is 1. The second-order valence-corrected chi connectivity index (χ2v) is 7.90. The lowest BCUT2D eigenvalue weighted by molar-refractivity contribution is -0.0271. The Bertz CT molecular complexity index is 541. The predicted molar refractivity (Wildman–Crippen MR) is 89.6 cm³/mol. The largest absolute Gasteiger partial charge is 0.444 e. The number of carbonyl (C=O) groups excluding carboxylic acids is 1. The number of nitrogens with zero attached hydrogens (tertiary/aromatic N) is 1. The van der Waals surface area contributed by atoms with Gasteiger partial charge in [-0.05, 0) is 50.8 Å². The summed E-state index contributed by atoms with van der Waals surface area (Å²) in [5.74, 6) is 0.0379. The molecule has 1 heterocycles. The molecule has 5 heteroatoms. The van der Waals surface area contributed by atoms with E-state index >= 15 is 0 Å². The lowest BCUT2D eigenvalue weighted by atomic mass is 9.88. The van der Waals surface area contributed by atoms with Gasteiger partial charge in [0.2, 0.25) is 0 Å². The van der Waals surface area contributed by atoms with Gasteiger partial charge in [0.15, 0.2) is 0 Å². The van der Waals surface area contributed by atoms with Crippen LogP contribution in [-0.4, -0.2) is 34.3 Å². The highest BCUT2D eigenvalue weighted by Crippen LogP contribution is 2.35. The van der Waals surface area contributed by atoms with Crippen molar-refractivity contribution in [2.45, 2.75) is 51.9 Å². The zero-order valence-electron chi connectivity index (χ0n) is 13.5. The third-order valence-corrected chi connectivity index (χ3v) is 4.34. The Hall–Kier alpha value is -1.07. The Morgan fingerprint density at radius 2 is 2.09 bits per heavy atom. The summed E-state index contributed by atoms with van der Waals surface area (Å²) in [6.07, 6.45) is -0.212. The van der Waals surface area contributed by atoms with Crippen LogP contribution in [0.4, 0.5) is 4.79 Å². The normalized spacial score (nSPS) is 25.9. The molecule has 4 nitrogen and oxygen atoms in total. The van der Waals surface area contributed by atoms with Gasteiger partial charge in [-0.3, -0.25) is 0 Å². The Kier molecular flexibility index (Phi) is 5.17. The van der Waals surface area contributed by atoms with E-state index < -0.39 is 11.7 Å². The molecule has 1 saturated heterocycles. The van der Waals surface area contributed by atoms with Crippen LogP contribution in [0.25, 0.3) is 0 Å². The average Bonchev–Trinajstić information content (AvgIpc) is 2.39. The van der Waals surface area contributed by atoms with Crippen LogP contribution in [0.1, 0.15) is 45.7 Å². The molecule has 1 aromatic carbocycles. The third-order valence-electron chi connectivity index (χ3n) is 3.84. The highest BCUT2D eigenvalue weighted by molar-refractivity contribution is 9.10. The zero-order valence-corrected chi connectivity index (χ0v) is 15.1. The molecule has 1 aromatic rings. The molecular formula is C17H24BrNO3. The summed E-state index contributed by atoms with van der Waals surface area (Å²) in [5, 5.41) is 10.2. The number of hydrogen-bond acceptors (Lipinski definition) is 3. The maximum absolute atomic E-state index is 12.5. The van der Waals surface area contributed by atoms with E-state index in [-0.39, 0.29) is 18.1 Å². The van der Waals surface area contributed by atoms with Crippen molar-refractivity contribution in [2.24, 2.45) is 5.92 Å². The zero-order chi connectivity index (χ0) is 16.5. The van der Waals surface area contributed by atoms with Crippen LogP contribution in [0.2, 0.25) is 0 Å². The monoisotopic (exact) mass is 369 g/mol. The summed E-state index contributed by atoms with van der Waals surface area (Å²) in [4.78, 5) is 14.3. The van der Waals surface area contributed by atoms with Gasteiger partial charge in [-0.25, -0.2) is 4.79 Å². The molecule has 0 aromatic heterocycles. The molecule has 22 heavy (non-hydrogen) atoms. The Morgan fingerprint density at radius 3 is 2.68 bits per heavy atom. The van der Waals surface area contributed by atoms with Gasteiger partial charge < -0.3 is 14.7 Å². The van der Waals surface area contributed by atoms with E-state index in [0.717, 1.165) is 10.0 Å². The van der Waals surface area contributed by atoms with Gasteiger partial charge in [0.25, 0.3) is 0 Å². The first kappa shape index (κ1) is 17.3. The van der Waals surface area contributed by atoms with E-state index in [4.69, 9.17) is 4.74 Å². The fourth-order valence-electron chi connectivity index (χ4n) is 2.70. The topological polar surface area (TPSA) is 49.8 Å². The maximum Gasteiger partial charge on any atom is 0.410 e. The number of ether oxygens (including phenoxy) is 1. The Morgan fingerprint density at radius 1 is 1.41 bits per heavy atom. The summed E-state index contributed by atoms with van der Waals surface area (Å²) in [6.45, 7) is 8.04. The van der Waals surface area contributed by atoms with Gasteiger partial charge in [-0.2, -0.15) is 0 Å². The van der Waals surface area contributed by atoms with Crippen LogP contribution in [0.3, 0.4) is 0 Å². The molecule has 0 radical (unpaired) electrons. The highest BCUT2D eigenvalue weighted by atomic mass is 79.9. The summed E-state index contributed by atoms with van der Waals surface area (Å²) in [5.41, 5.74) is 0.476. The van der Waals surface area contributed by atoms with Crippen molar-refractivity contribution < 1.29 is 14.6 Å². The summed E-state index contributed by atoms with van der Waals surface area (Å²) < 4.78 is 6.50. The van der Waals surface area contributed by atoms with E-state index in [1.54, 1.807) is 4.90 Å². The molecular weight excluding hydrogens is 346 g/mol. The molecule has 0 bridgehead atoms. The molecule has 1 N–H and O–H groups in total. The molecule has 0 aliphatic carbocycles. The lowest BCUT2D eigenvalue weighted by Crippen LogP contribution is -2.48. The van der Waals surface area contributed by atoms with Crippen LogP contribution >= 0.6 is 15.9 Å². The first-order chi connectivity index (χ1) is 10.2. The van der Waals surface area contributed by atoms with E-state index in [0.29, 0.717) is 13.0 Å². The minimum absolute atomic E-state index is 0.0379. The molecule has 3 atom stereocenters. The van der Waals surface area contributed by atoms with Gasteiger partial charge in [-0.15, -0.1) is 0 Å². The Balaban J connectivity index is 2.28. The first-order valence-corrected chi connectivity index (χ1v) is 8.40. The number of halogens is 1. The molecule has 122 valence electrons. The second kappa shape index (κ2) is 6.59. The molecule has 0 saturated carbocycles. The molecule has 1 amide bonds. The van der Waals surface area contributed by atoms with Crippen molar-refractivity contribution in [3.05, 3.63) is 34.3 Å². The number of hydrogen-bond donors (Lipinski definition) is 1. The van der Waals surface area contributed by atoms with E-state index in [1.165, 1.54) is 0 Å². The van der Waals surface area contributed by atoms with E-state index in [1.807, 2.05) is 52.0 Å². The van der Waals surface area contributed by atoms with Gasteiger partial charge in [0.1, 0.15) is 5.60 Å². The number of piperidine rings is 1. The maximum atomic E-state index is 12.5. The quantitative estimate of drug-likeness (QED) is 0.809. The number of likely N-dealkylation sites (tertiary alicyclic amines) is 1. The lowest BCUT2D eigenvalue weighted by Gasteiger charge is -2.41. The number of amides is 1. The summed E-state index contributed by atoms with van der Waals surface area (Å²) in [6, 6.07) is 7.69. The van der Waals surface area contributed by atoms with Crippen LogP contribution in [0.15, 0.2) is 28.7 Å². The Labute approximate surface area is 140 Å². The molecule has 0 spiro atoms. The summed E-state index contributed by atoms with van der Waals surface area (Å²) in [7, 11) is 0. The van der Waals surface area contributed by atoms with Crippen LogP contribution in [0, 0.1) is 5.92 Å². The van der Waals surface area contributed by atoms with Crippen LogP contribution in [-0.2, 0) is 4.74 Å². The molecule has 1 aliphatic rings. The third kappa shape index (κ3) is 4.23.